The van der Waals surface area contributed by atoms with Gasteiger partial charge in [-0.3, -0.25) is 4.79 Å². The second-order valence-corrected chi connectivity index (χ2v) is 5.92. The van der Waals surface area contributed by atoms with Crippen LogP contribution in [0.5, 0.6) is 0 Å². The fourth-order valence-corrected chi connectivity index (χ4v) is 2.76. The molecule has 0 spiro atoms. The van der Waals surface area contributed by atoms with Crippen LogP contribution in [0.25, 0.3) is 0 Å². The van der Waals surface area contributed by atoms with E-state index in [1.807, 2.05) is 23.7 Å². The predicted octanol–water partition coefficient (Wildman–Crippen LogP) is 2.12. The number of carbonyl (C=O) groups is 1. The maximum atomic E-state index is 12.3. The molecule has 1 N–H and O–H groups in total. The van der Waals surface area contributed by atoms with Gasteiger partial charge in [0.15, 0.2) is 0 Å². The number of hydrogen-bond donors (Lipinski definition) is 1. The minimum Gasteiger partial charge on any atom is -0.342 e. The van der Waals surface area contributed by atoms with E-state index in [4.69, 9.17) is 0 Å². The number of nitrogens with one attached hydrogen (secondary N) is 1. The summed E-state index contributed by atoms with van der Waals surface area (Å²) in [5, 5.41) is 3.38. The lowest BCUT2D eigenvalue weighted by atomic mass is 10.1. The molecule has 0 radical (unpaired) electrons. The summed E-state index contributed by atoms with van der Waals surface area (Å²) in [6, 6.07) is 0.402. The van der Waals surface area contributed by atoms with Crippen LogP contribution in [-0.2, 0) is 4.79 Å². The zero-order chi connectivity index (χ0) is 12.7. The minimum absolute atomic E-state index is 0.0548. The molecule has 1 rings (SSSR count). The molecule has 100 valence electrons. The number of nitrogens with zero attached hydrogens (tertiary/aromatic N) is 1. The molecule has 1 aliphatic rings. The van der Waals surface area contributed by atoms with Crippen molar-refractivity contribution in [1.29, 1.82) is 0 Å². The first-order valence-corrected chi connectivity index (χ1v) is 8.05. The third kappa shape index (κ3) is 4.88. The van der Waals surface area contributed by atoms with Gasteiger partial charge in [0.2, 0.25) is 5.91 Å². The Labute approximate surface area is 110 Å². The van der Waals surface area contributed by atoms with Crippen LogP contribution in [0.1, 0.15) is 39.0 Å². The van der Waals surface area contributed by atoms with Crippen molar-refractivity contribution in [3.63, 3.8) is 0 Å². The largest absolute Gasteiger partial charge is 0.342 e. The maximum Gasteiger partial charge on any atom is 0.239 e. The average molecular weight is 258 g/mol. The van der Waals surface area contributed by atoms with Gasteiger partial charge in [0.1, 0.15) is 0 Å². The minimum atomic E-state index is 0.0548. The van der Waals surface area contributed by atoms with Crippen LogP contribution in [0.2, 0.25) is 0 Å². The van der Waals surface area contributed by atoms with Gasteiger partial charge < -0.3 is 10.2 Å². The van der Waals surface area contributed by atoms with Crippen LogP contribution in [0.15, 0.2) is 0 Å². The highest BCUT2D eigenvalue weighted by Gasteiger charge is 2.25. The van der Waals surface area contributed by atoms with Crippen LogP contribution in [0.3, 0.4) is 0 Å². The highest BCUT2D eigenvalue weighted by Crippen LogP contribution is 2.13. The first-order chi connectivity index (χ1) is 8.16. The van der Waals surface area contributed by atoms with Crippen LogP contribution in [0.4, 0.5) is 0 Å². The zero-order valence-electron chi connectivity index (χ0n) is 11.4. The SMILES string of the molecule is CSCCC(C)N(C)C(=O)C1CCCCCN1. The summed E-state index contributed by atoms with van der Waals surface area (Å²) in [4.78, 5) is 14.2. The Bertz CT molecular complexity index is 227. The van der Waals surface area contributed by atoms with Crippen LogP contribution in [-0.4, -0.2) is 48.5 Å². The molecular formula is C13H26N2OS. The van der Waals surface area contributed by atoms with Crippen molar-refractivity contribution in [1.82, 2.24) is 10.2 Å². The highest BCUT2D eigenvalue weighted by molar-refractivity contribution is 7.98. The van der Waals surface area contributed by atoms with Gasteiger partial charge in [0, 0.05) is 13.1 Å². The van der Waals surface area contributed by atoms with Gasteiger partial charge in [0.05, 0.1) is 6.04 Å². The predicted molar refractivity (Wildman–Crippen MR) is 75.5 cm³/mol. The average Bonchev–Trinajstić information content (AvgIpc) is 2.62. The van der Waals surface area contributed by atoms with Gasteiger partial charge in [0.25, 0.3) is 0 Å². The third-order valence-corrected chi connectivity index (χ3v) is 4.25. The van der Waals surface area contributed by atoms with E-state index in [1.54, 1.807) is 0 Å². The summed E-state index contributed by atoms with van der Waals surface area (Å²) in [6.07, 6.45) is 7.82. The van der Waals surface area contributed by atoms with E-state index >= 15 is 0 Å². The van der Waals surface area contributed by atoms with Gasteiger partial charge in [-0.05, 0) is 44.7 Å². The molecule has 3 nitrogen and oxygen atoms in total. The lowest BCUT2D eigenvalue weighted by Gasteiger charge is -2.29. The van der Waals surface area contributed by atoms with Crippen molar-refractivity contribution < 1.29 is 4.79 Å². The normalized spacial score (nSPS) is 22.9. The van der Waals surface area contributed by atoms with Crippen molar-refractivity contribution in [2.45, 2.75) is 51.1 Å². The lowest BCUT2D eigenvalue weighted by Crippen LogP contribution is -2.47. The number of amides is 1. The zero-order valence-corrected chi connectivity index (χ0v) is 12.2. The Morgan fingerprint density at radius 1 is 1.47 bits per heavy atom. The standard InChI is InChI=1S/C13H26N2OS/c1-11(8-10-17-3)15(2)13(16)12-7-5-4-6-9-14-12/h11-12,14H,4-10H2,1-3H3. The molecule has 0 aromatic carbocycles. The summed E-state index contributed by atoms with van der Waals surface area (Å²) in [5.41, 5.74) is 0. The smallest absolute Gasteiger partial charge is 0.239 e. The molecule has 1 aliphatic heterocycles. The van der Waals surface area contributed by atoms with Crippen molar-refractivity contribution >= 4 is 17.7 Å². The molecule has 0 bridgehead atoms. The molecule has 1 saturated heterocycles. The molecule has 17 heavy (non-hydrogen) atoms. The summed E-state index contributed by atoms with van der Waals surface area (Å²) in [5.74, 6) is 1.40. The quantitative estimate of drug-likeness (QED) is 0.820. The van der Waals surface area contributed by atoms with E-state index in [2.05, 4.69) is 18.5 Å². The molecular weight excluding hydrogens is 232 g/mol. The Morgan fingerprint density at radius 2 is 2.24 bits per heavy atom. The first-order valence-electron chi connectivity index (χ1n) is 6.65. The fraction of sp³-hybridized carbons (Fsp3) is 0.923. The van der Waals surface area contributed by atoms with Crippen molar-refractivity contribution in [3.8, 4) is 0 Å². The second kappa shape index (κ2) is 7.98. The van der Waals surface area contributed by atoms with Crippen LogP contribution < -0.4 is 5.32 Å². The second-order valence-electron chi connectivity index (χ2n) is 4.94. The van der Waals surface area contributed by atoms with Crippen molar-refractivity contribution in [2.24, 2.45) is 0 Å². The molecule has 2 atom stereocenters. The first kappa shape index (κ1) is 14.8. The highest BCUT2D eigenvalue weighted by atomic mass is 32.2. The third-order valence-electron chi connectivity index (χ3n) is 3.61. The number of likely N-dealkylation sites (N-methyl/N-ethyl adjacent to an activating group) is 1. The van der Waals surface area contributed by atoms with Crippen molar-refractivity contribution in [3.05, 3.63) is 0 Å². The molecule has 1 fully saturated rings. The lowest BCUT2D eigenvalue weighted by molar-refractivity contribution is -0.134. The van der Waals surface area contributed by atoms with E-state index < -0.39 is 0 Å². The van der Waals surface area contributed by atoms with Gasteiger partial charge in [-0.15, -0.1) is 0 Å². The topological polar surface area (TPSA) is 32.3 Å². The molecule has 0 aromatic rings. The monoisotopic (exact) mass is 258 g/mol. The molecule has 1 heterocycles. The number of hydrogen-bond acceptors (Lipinski definition) is 3. The van der Waals surface area contributed by atoms with Gasteiger partial charge in [-0.25, -0.2) is 0 Å². The summed E-state index contributed by atoms with van der Waals surface area (Å²) in [7, 11) is 1.94. The van der Waals surface area contributed by atoms with Gasteiger partial charge >= 0.3 is 0 Å². The summed E-state index contributed by atoms with van der Waals surface area (Å²) < 4.78 is 0. The molecule has 1 amide bonds. The number of carbonyl (C=O) groups excluding carboxylic acids is 1. The fourth-order valence-electron chi connectivity index (χ4n) is 2.18. The van der Waals surface area contributed by atoms with Gasteiger partial charge in [-0.2, -0.15) is 11.8 Å². The Kier molecular flexibility index (Phi) is 6.97. The van der Waals surface area contributed by atoms with Gasteiger partial charge in [-0.1, -0.05) is 12.8 Å². The Hall–Kier alpha value is -0.220. The van der Waals surface area contributed by atoms with E-state index in [-0.39, 0.29) is 11.9 Å². The summed E-state index contributed by atoms with van der Waals surface area (Å²) >= 11 is 1.84. The number of rotatable bonds is 5. The molecule has 4 heteroatoms. The van der Waals surface area contributed by atoms with E-state index in [9.17, 15) is 4.79 Å². The molecule has 0 aromatic heterocycles. The van der Waals surface area contributed by atoms with E-state index in [0.717, 1.165) is 25.1 Å². The van der Waals surface area contributed by atoms with E-state index in [1.165, 1.54) is 19.3 Å². The number of thioether (sulfide) groups is 1. The molecule has 0 aliphatic carbocycles. The Balaban J connectivity index is 2.43. The maximum absolute atomic E-state index is 12.3. The summed E-state index contributed by atoms with van der Waals surface area (Å²) in [6.45, 7) is 3.13. The molecule has 2 unspecified atom stereocenters. The van der Waals surface area contributed by atoms with Crippen LogP contribution in [0, 0.1) is 0 Å². The van der Waals surface area contributed by atoms with Crippen LogP contribution >= 0.6 is 11.8 Å². The Morgan fingerprint density at radius 3 is 2.94 bits per heavy atom. The van der Waals surface area contributed by atoms with E-state index in [0.29, 0.717) is 6.04 Å². The molecule has 0 saturated carbocycles. The van der Waals surface area contributed by atoms with Crippen molar-refractivity contribution in [2.75, 3.05) is 25.6 Å².